The number of esters is 1. The molecule has 0 bridgehead atoms. The molecule has 0 saturated carbocycles. The predicted molar refractivity (Wildman–Crippen MR) is 91.6 cm³/mol. The van der Waals surface area contributed by atoms with Gasteiger partial charge in [-0.2, -0.15) is 0 Å². The number of pyridine rings is 1. The summed E-state index contributed by atoms with van der Waals surface area (Å²) in [6, 6.07) is 9.87. The number of hydrogen-bond donors (Lipinski definition) is 1. The first-order chi connectivity index (χ1) is 12.4. The van der Waals surface area contributed by atoms with E-state index in [1.54, 1.807) is 0 Å². The number of nitro groups is 2. The van der Waals surface area contributed by atoms with Gasteiger partial charge in [-0.15, -0.1) is 0 Å². The van der Waals surface area contributed by atoms with Gasteiger partial charge in [-0.1, -0.05) is 37.3 Å². The van der Waals surface area contributed by atoms with E-state index in [-0.39, 0.29) is 12.5 Å². The molecule has 0 aliphatic rings. The summed E-state index contributed by atoms with van der Waals surface area (Å²) in [6.45, 7) is 1.49. The van der Waals surface area contributed by atoms with Gasteiger partial charge in [-0.05, 0) is 12.0 Å². The summed E-state index contributed by atoms with van der Waals surface area (Å²) in [5, 5.41) is 24.2. The van der Waals surface area contributed by atoms with Crippen molar-refractivity contribution in [1.82, 2.24) is 4.98 Å². The second-order valence-corrected chi connectivity index (χ2v) is 5.23. The van der Waals surface area contributed by atoms with Gasteiger partial charge in [-0.25, -0.2) is 4.98 Å². The van der Waals surface area contributed by atoms with E-state index < -0.39 is 33.1 Å². The first kappa shape index (κ1) is 18.8. The third-order valence-corrected chi connectivity index (χ3v) is 3.61. The Balaban J connectivity index is 2.04. The minimum atomic E-state index is -0.803. The maximum absolute atomic E-state index is 12.2. The molecule has 0 saturated heterocycles. The quantitative estimate of drug-likeness (QED) is 0.328. The lowest BCUT2D eigenvalue weighted by Gasteiger charge is -2.15. The largest absolute Gasteiger partial charge is 0.444 e. The van der Waals surface area contributed by atoms with Crippen LogP contribution in [-0.2, 0) is 9.53 Å². The van der Waals surface area contributed by atoms with Gasteiger partial charge in [0, 0.05) is 0 Å². The highest BCUT2D eigenvalue weighted by Crippen LogP contribution is 2.26. The Kier molecular flexibility index (Phi) is 6.15. The molecule has 1 heterocycles. The molecule has 26 heavy (non-hydrogen) atoms. The molecule has 10 heteroatoms. The maximum atomic E-state index is 12.2. The Morgan fingerprint density at radius 3 is 2.50 bits per heavy atom. The van der Waals surface area contributed by atoms with Gasteiger partial charge in [0.1, 0.15) is 6.20 Å². The highest BCUT2D eigenvalue weighted by Gasteiger charge is 2.23. The van der Waals surface area contributed by atoms with Crippen molar-refractivity contribution in [2.45, 2.75) is 19.3 Å². The van der Waals surface area contributed by atoms with Crippen molar-refractivity contribution in [2.24, 2.45) is 0 Å². The molecular weight excluding hydrogens is 344 g/mol. The molecule has 0 aliphatic heterocycles. The van der Waals surface area contributed by atoms with Crippen molar-refractivity contribution in [2.75, 3.05) is 12.0 Å². The zero-order valence-corrected chi connectivity index (χ0v) is 13.8. The summed E-state index contributed by atoms with van der Waals surface area (Å²) >= 11 is 0. The number of nitrogens with one attached hydrogen (secondary N) is 1. The number of ether oxygens (including phenoxy) is 1. The SMILES string of the molecule is CCC(C(=O)OCNc1ncc([N+](=O)[O-])cc1[N+](=O)[O-])c1ccccc1. The average molecular weight is 360 g/mol. The van der Waals surface area contributed by atoms with E-state index in [0.717, 1.165) is 17.8 Å². The van der Waals surface area contributed by atoms with E-state index in [2.05, 4.69) is 10.3 Å². The minimum Gasteiger partial charge on any atom is -0.444 e. The topological polar surface area (TPSA) is 138 Å². The number of aromatic nitrogens is 1. The fraction of sp³-hybridized carbons (Fsp3) is 0.250. The molecule has 0 fully saturated rings. The first-order valence-corrected chi connectivity index (χ1v) is 7.68. The van der Waals surface area contributed by atoms with Crippen LogP contribution in [0.2, 0.25) is 0 Å². The van der Waals surface area contributed by atoms with Crippen LogP contribution < -0.4 is 5.32 Å². The molecule has 0 spiro atoms. The third-order valence-electron chi connectivity index (χ3n) is 3.61. The highest BCUT2D eigenvalue weighted by molar-refractivity contribution is 5.78. The van der Waals surface area contributed by atoms with E-state index in [4.69, 9.17) is 4.74 Å². The number of carbonyl (C=O) groups excluding carboxylic acids is 1. The minimum absolute atomic E-state index is 0.221. The molecule has 136 valence electrons. The van der Waals surface area contributed by atoms with Crippen molar-refractivity contribution in [3.8, 4) is 0 Å². The standard InChI is InChI=1S/C16H16N4O6/c1-2-13(11-6-4-3-5-7-11)16(21)26-10-18-15-14(20(24)25)8-12(9-17-15)19(22)23/h3-9,13H,2,10H2,1H3,(H,17,18). The Hall–Kier alpha value is -3.56. The second-order valence-electron chi connectivity index (χ2n) is 5.23. The van der Waals surface area contributed by atoms with Gasteiger partial charge in [0.25, 0.3) is 5.69 Å². The van der Waals surface area contributed by atoms with Gasteiger partial charge < -0.3 is 10.1 Å². The van der Waals surface area contributed by atoms with Gasteiger partial charge >= 0.3 is 11.7 Å². The van der Waals surface area contributed by atoms with Crippen molar-refractivity contribution in [1.29, 1.82) is 0 Å². The van der Waals surface area contributed by atoms with Gasteiger partial charge in [0.2, 0.25) is 5.82 Å². The number of anilines is 1. The zero-order chi connectivity index (χ0) is 19.1. The lowest BCUT2D eigenvalue weighted by Crippen LogP contribution is -2.19. The molecule has 0 aliphatic carbocycles. The van der Waals surface area contributed by atoms with E-state index >= 15 is 0 Å². The Bertz CT molecular complexity index is 812. The third kappa shape index (κ3) is 4.50. The van der Waals surface area contributed by atoms with Crippen molar-refractivity contribution >= 4 is 23.2 Å². The first-order valence-electron chi connectivity index (χ1n) is 7.68. The predicted octanol–water partition coefficient (Wildman–Crippen LogP) is 3.00. The summed E-state index contributed by atoms with van der Waals surface area (Å²) in [5.74, 6) is -1.17. The van der Waals surface area contributed by atoms with Crippen molar-refractivity contribution in [3.63, 3.8) is 0 Å². The molecule has 1 aromatic carbocycles. The lowest BCUT2D eigenvalue weighted by atomic mass is 9.97. The highest BCUT2D eigenvalue weighted by atomic mass is 16.6. The monoisotopic (exact) mass is 360 g/mol. The Labute approximate surface area is 148 Å². The fourth-order valence-corrected chi connectivity index (χ4v) is 2.32. The summed E-state index contributed by atoms with van der Waals surface area (Å²) in [6.07, 6.45) is 1.41. The molecule has 10 nitrogen and oxygen atoms in total. The number of rotatable bonds is 8. The van der Waals surface area contributed by atoms with Crippen LogP contribution in [0.25, 0.3) is 0 Å². The summed E-state index contributed by atoms with van der Waals surface area (Å²) < 4.78 is 5.12. The number of carbonyl (C=O) groups is 1. The van der Waals surface area contributed by atoms with E-state index in [0.29, 0.717) is 6.42 Å². The molecule has 0 amide bonds. The van der Waals surface area contributed by atoms with Crippen LogP contribution in [0.15, 0.2) is 42.6 Å². The van der Waals surface area contributed by atoms with Crippen LogP contribution in [0.4, 0.5) is 17.2 Å². The second kappa shape index (κ2) is 8.51. The average Bonchev–Trinajstić information content (AvgIpc) is 2.63. The van der Waals surface area contributed by atoms with Crippen LogP contribution in [0, 0.1) is 20.2 Å². The normalized spacial score (nSPS) is 11.4. The Morgan fingerprint density at radius 2 is 1.92 bits per heavy atom. The molecule has 1 atom stereocenters. The van der Waals surface area contributed by atoms with E-state index in [9.17, 15) is 25.0 Å². The smallest absolute Gasteiger partial charge is 0.318 e. The van der Waals surface area contributed by atoms with Crippen LogP contribution in [0.3, 0.4) is 0 Å². The zero-order valence-electron chi connectivity index (χ0n) is 13.8. The van der Waals surface area contributed by atoms with Crippen LogP contribution >= 0.6 is 0 Å². The molecule has 1 aromatic heterocycles. The molecule has 1 N–H and O–H groups in total. The van der Waals surface area contributed by atoms with E-state index in [1.165, 1.54) is 0 Å². The van der Waals surface area contributed by atoms with Crippen molar-refractivity contribution in [3.05, 3.63) is 68.4 Å². The number of nitrogens with zero attached hydrogens (tertiary/aromatic N) is 3. The maximum Gasteiger partial charge on any atom is 0.318 e. The molecule has 1 unspecified atom stereocenters. The summed E-state index contributed by atoms with van der Waals surface area (Å²) in [4.78, 5) is 36.0. The summed E-state index contributed by atoms with van der Waals surface area (Å²) in [5.41, 5.74) is -0.279. The van der Waals surface area contributed by atoms with Crippen LogP contribution in [0.5, 0.6) is 0 Å². The van der Waals surface area contributed by atoms with Crippen LogP contribution in [-0.4, -0.2) is 27.5 Å². The van der Waals surface area contributed by atoms with Crippen molar-refractivity contribution < 1.29 is 19.4 Å². The summed E-state index contributed by atoms with van der Waals surface area (Å²) in [7, 11) is 0. The molecule has 2 rings (SSSR count). The van der Waals surface area contributed by atoms with Gasteiger partial charge in [0.05, 0.1) is 21.8 Å². The van der Waals surface area contributed by atoms with Gasteiger partial charge in [-0.3, -0.25) is 25.0 Å². The molecule has 0 radical (unpaired) electrons. The Morgan fingerprint density at radius 1 is 1.23 bits per heavy atom. The molecule has 2 aromatic rings. The number of hydrogen-bond acceptors (Lipinski definition) is 8. The number of benzene rings is 1. The van der Waals surface area contributed by atoms with E-state index in [1.807, 2.05) is 37.3 Å². The fourth-order valence-electron chi connectivity index (χ4n) is 2.32. The van der Waals surface area contributed by atoms with Gasteiger partial charge in [0.15, 0.2) is 6.73 Å². The lowest BCUT2D eigenvalue weighted by molar-refractivity contribution is -0.394. The molecular formula is C16H16N4O6. The van der Waals surface area contributed by atoms with Crippen LogP contribution in [0.1, 0.15) is 24.8 Å².